The van der Waals surface area contributed by atoms with Gasteiger partial charge in [-0.25, -0.2) is 0 Å². The standard InChI is InChI=1S/C16H21N3O/c1-2-14-10-6-7-11-19(14)12-15-17-16(18-20-15)13-8-4-3-5-9-13/h3-5,8-9,14H,2,6-7,10-12H2,1H3. The Kier molecular flexibility index (Phi) is 4.11. The maximum Gasteiger partial charge on any atom is 0.241 e. The molecule has 1 aliphatic rings. The SMILES string of the molecule is CCC1CCCCN1Cc1nc(-c2ccccc2)no1. The minimum Gasteiger partial charge on any atom is -0.338 e. The van der Waals surface area contributed by atoms with Crippen LogP contribution >= 0.6 is 0 Å². The molecule has 0 N–H and O–H groups in total. The van der Waals surface area contributed by atoms with Gasteiger partial charge in [0.25, 0.3) is 0 Å². The molecule has 106 valence electrons. The van der Waals surface area contributed by atoms with Crippen LogP contribution in [0.4, 0.5) is 0 Å². The van der Waals surface area contributed by atoms with Crippen molar-refractivity contribution in [2.24, 2.45) is 0 Å². The molecule has 0 spiro atoms. The lowest BCUT2D eigenvalue weighted by molar-refractivity contribution is 0.120. The fourth-order valence-electron chi connectivity index (χ4n) is 2.93. The summed E-state index contributed by atoms with van der Waals surface area (Å²) in [4.78, 5) is 7.00. The lowest BCUT2D eigenvalue weighted by Crippen LogP contribution is -2.38. The van der Waals surface area contributed by atoms with Gasteiger partial charge in [-0.05, 0) is 25.8 Å². The molecule has 1 aromatic carbocycles. The molecule has 1 atom stereocenters. The smallest absolute Gasteiger partial charge is 0.241 e. The van der Waals surface area contributed by atoms with E-state index in [0.29, 0.717) is 11.9 Å². The van der Waals surface area contributed by atoms with Crippen LogP contribution in [0.3, 0.4) is 0 Å². The molecule has 1 aliphatic heterocycles. The molecule has 1 fully saturated rings. The predicted octanol–water partition coefficient (Wildman–Crippen LogP) is 3.50. The monoisotopic (exact) mass is 271 g/mol. The Hall–Kier alpha value is -1.68. The van der Waals surface area contributed by atoms with Crippen LogP contribution in [0.5, 0.6) is 0 Å². The summed E-state index contributed by atoms with van der Waals surface area (Å²) in [7, 11) is 0. The largest absolute Gasteiger partial charge is 0.338 e. The molecule has 4 nitrogen and oxygen atoms in total. The third-order valence-corrected chi connectivity index (χ3v) is 4.06. The molecule has 1 unspecified atom stereocenters. The predicted molar refractivity (Wildman–Crippen MR) is 78.1 cm³/mol. The third kappa shape index (κ3) is 2.90. The zero-order chi connectivity index (χ0) is 13.8. The lowest BCUT2D eigenvalue weighted by atomic mass is 10.0. The highest BCUT2D eigenvalue weighted by Crippen LogP contribution is 2.22. The third-order valence-electron chi connectivity index (χ3n) is 4.06. The Morgan fingerprint density at radius 3 is 2.90 bits per heavy atom. The first-order chi connectivity index (χ1) is 9.86. The Labute approximate surface area is 119 Å². The molecular weight excluding hydrogens is 250 g/mol. The summed E-state index contributed by atoms with van der Waals surface area (Å²) < 4.78 is 5.41. The molecular formula is C16H21N3O. The molecule has 1 saturated heterocycles. The van der Waals surface area contributed by atoms with E-state index >= 15 is 0 Å². The zero-order valence-electron chi connectivity index (χ0n) is 12.0. The van der Waals surface area contributed by atoms with Gasteiger partial charge in [-0.15, -0.1) is 0 Å². The number of aromatic nitrogens is 2. The van der Waals surface area contributed by atoms with E-state index in [1.165, 1.54) is 25.7 Å². The molecule has 2 aromatic rings. The van der Waals surface area contributed by atoms with Crippen LogP contribution in [-0.4, -0.2) is 27.6 Å². The van der Waals surface area contributed by atoms with E-state index in [1.807, 2.05) is 30.3 Å². The summed E-state index contributed by atoms with van der Waals surface area (Å²) in [6.45, 7) is 4.17. The van der Waals surface area contributed by atoms with Crippen LogP contribution in [0.2, 0.25) is 0 Å². The highest BCUT2D eigenvalue weighted by Gasteiger charge is 2.22. The van der Waals surface area contributed by atoms with Gasteiger partial charge < -0.3 is 4.52 Å². The summed E-state index contributed by atoms with van der Waals surface area (Å²) in [5.74, 6) is 1.41. The quantitative estimate of drug-likeness (QED) is 0.853. The van der Waals surface area contributed by atoms with Crippen molar-refractivity contribution in [1.82, 2.24) is 15.0 Å². The van der Waals surface area contributed by atoms with Crippen molar-refractivity contribution in [3.63, 3.8) is 0 Å². The molecule has 20 heavy (non-hydrogen) atoms. The van der Waals surface area contributed by atoms with Gasteiger partial charge >= 0.3 is 0 Å². The lowest BCUT2D eigenvalue weighted by Gasteiger charge is -2.33. The minimum absolute atomic E-state index is 0.663. The van der Waals surface area contributed by atoms with Crippen molar-refractivity contribution in [1.29, 1.82) is 0 Å². The number of hydrogen-bond acceptors (Lipinski definition) is 4. The van der Waals surface area contributed by atoms with Gasteiger partial charge in [-0.3, -0.25) is 4.90 Å². The molecule has 0 saturated carbocycles. The number of piperidine rings is 1. The van der Waals surface area contributed by atoms with Gasteiger partial charge in [0, 0.05) is 11.6 Å². The molecule has 2 heterocycles. The van der Waals surface area contributed by atoms with E-state index < -0.39 is 0 Å². The first-order valence-electron chi connectivity index (χ1n) is 7.49. The van der Waals surface area contributed by atoms with E-state index in [1.54, 1.807) is 0 Å². The topological polar surface area (TPSA) is 42.2 Å². The maximum absolute atomic E-state index is 5.41. The Morgan fingerprint density at radius 1 is 1.25 bits per heavy atom. The van der Waals surface area contributed by atoms with Crippen molar-refractivity contribution >= 4 is 0 Å². The van der Waals surface area contributed by atoms with Crippen LogP contribution in [0.1, 0.15) is 38.5 Å². The summed E-state index contributed by atoms with van der Waals surface area (Å²) in [5, 5.41) is 4.09. The Balaban J connectivity index is 1.71. The number of hydrogen-bond donors (Lipinski definition) is 0. The second-order valence-electron chi connectivity index (χ2n) is 5.41. The maximum atomic E-state index is 5.41. The van der Waals surface area contributed by atoms with Crippen molar-refractivity contribution in [2.45, 2.75) is 45.2 Å². The number of likely N-dealkylation sites (tertiary alicyclic amines) is 1. The second-order valence-corrected chi connectivity index (χ2v) is 5.41. The second kappa shape index (κ2) is 6.18. The first kappa shape index (κ1) is 13.3. The molecule has 1 aromatic heterocycles. The molecule has 0 bridgehead atoms. The van der Waals surface area contributed by atoms with Crippen LogP contribution in [-0.2, 0) is 6.54 Å². The van der Waals surface area contributed by atoms with Crippen LogP contribution in [0, 0.1) is 0 Å². The highest BCUT2D eigenvalue weighted by atomic mass is 16.5. The number of nitrogens with zero attached hydrogens (tertiary/aromatic N) is 3. The zero-order valence-corrected chi connectivity index (χ0v) is 12.0. The summed E-state index contributed by atoms with van der Waals surface area (Å²) in [6.07, 6.45) is 5.10. The summed E-state index contributed by atoms with van der Waals surface area (Å²) in [5.41, 5.74) is 1.01. The van der Waals surface area contributed by atoms with Gasteiger partial charge in [0.15, 0.2) is 0 Å². The van der Waals surface area contributed by atoms with Crippen LogP contribution < -0.4 is 0 Å². The van der Waals surface area contributed by atoms with Gasteiger partial charge in [0.1, 0.15) is 0 Å². The molecule has 3 rings (SSSR count). The van der Waals surface area contributed by atoms with Crippen LogP contribution in [0.15, 0.2) is 34.9 Å². The van der Waals surface area contributed by atoms with Crippen LogP contribution in [0.25, 0.3) is 11.4 Å². The average Bonchev–Trinajstić information content (AvgIpc) is 2.97. The fourth-order valence-corrected chi connectivity index (χ4v) is 2.93. The molecule has 0 amide bonds. The minimum atomic E-state index is 0.663. The van der Waals surface area contributed by atoms with E-state index in [2.05, 4.69) is 22.0 Å². The van der Waals surface area contributed by atoms with Gasteiger partial charge in [-0.2, -0.15) is 4.98 Å². The van der Waals surface area contributed by atoms with Crippen molar-refractivity contribution < 1.29 is 4.52 Å². The number of rotatable bonds is 4. The van der Waals surface area contributed by atoms with E-state index in [-0.39, 0.29) is 0 Å². The van der Waals surface area contributed by atoms with Crippen molar-refractivity contribution in [3.05, 3.63) is 36.2 Å². The van der Waals surface area contributed by atoms with Crippen molar-refractivity contribution in [2.75, 3.05) is 6.54 Å². The van der Waals surface area contributed by atoms with Gasteiger partial charge in [0.2, 0.25) is 11.7 Å². The normalized spacial score (nSPS) is 20.1. The molecule has 0 radical (unpaired) electrons. The Bertz CT molecular complexity index is 538. The van der Waals surface area contributed by atoms with E-state index in [0.717, 1.165) is 24.5 Å². The fraction of sp³-hybridized carbons (Fsp3) is 0.500. The van der Waals surface area contributed by atoms with E-state index in [4.69, 9.17) is 4.52 Å². The molecule has 0 aliphatic carbocycles. The summed E-state index contributed by atoms with van der Waals surface area (Å²) in [6, 6.07) is 10.6. The average molecular weight is 271 g/mol. The van der Waals surface area contributed by atoms with Gasteiger partial charge in [0.05, 0.1) is 6.54 Å². The molecule has 4 heteroatoms. The Morgan fingerprint density at radius 2 is 2.10 bits per heavy atom. The number of benzene rings is 1. The van der Waals surface area contributed by atoms with Gasteiger partial charge in [-0.1, -0.05) is 48.8 Å². The van der Waals surface area contributed by atoms with E-state index in [9.17, 15) is 0 Å². The first-order valence-corrected chi connectivity index (χ1v) is 7.49. The van der Waals surface area contributed by atoms with Crippen molar-refractivity contribution in [3.8, 4) is 11.4 Å². The highest BCUT2D eigenvalue weighted by molar-refractivity contribution is 5.53. The summed E-state index contributed by atoms with van der Waals surface area (Å²) >= 11 is 0.